The summed E-state index contributed by atoms with van der Waals surface area (Å²) in [5.74, 6) is 0.460. The predicted molar refractivity (Wildman–Crippen MR) is 89.9 cm³/mol. The molecule has 0 bridgehead atoms. The molecule has 7 heteroatoms. The standard InChI is InChI=1S/C16H20ClN3O2S/c1-13-3-4-15(17)11-16(13)23(21,22)20-9-5-14(6-10-20)12-19-8-2-7-18-19/h2-4,7-8,11,14H,5-6,9-10,12H2,1H3. The van der Waals surface area contributed by atoms with Crippen molar-refractivity contribution < 1.29 is 8.42 Å². The number of aryl methyl sites for hydroxylation is 1. The van der Waals surface area contributed by atoms with Crippen LogP contribution in [0.3, 0.4) is 0 Å². The molecule has 0 atom stereocenters. The zero-order chi connectivity index (χ0) is 16.4. The molecule has 2 heterocycles. The zero-order valence-electron chi connectivity index (χ0n) is 13.0. The lowest BCUT2D eigenvalue weighted by atomic mass is 9.98. The van der Waals surface area contributed by atoms with Crippen molar-refractivity contribution in [1.82, 2.24) is 14.1 Å². The summed E-state index contributed by atoms with van der Waals surface area (Å²) in [6, 6.07) is 6.91. The number of rotatable bonds is 4. The predicted octanol–water partition coefficient (Wildman–Crippen LogP) is 2.95. The number of aromatic nitrogens is 2. The molecule has 0 aliphatic carbocycles. The Morgan fingerprint density at radius 1 is 1.30 bits per heavy atom. The first kappa shape index (κ1) is 16.5. The number of nitrogens with zero attached hydrogens (tertiary/aromatic N) is 3. The Kier molecular flexibility index (Phi) is 4.75. The van der Waals surface area contributed by atoms with E-state index in [0.717, 1.165) is 24.9 Å². The van der Waals surface area contributed by atoms with Crippen LogP contribution in [0.4, 0.5) is 0 Å². The molecular formula is C16H20ClN3O2S. The number of halogens is 1. The minimum absolute atomic E-state index is 0.315. The van der Waals surface area contributed by atoms with E-state index in [1.165, 1.54) is 0 Å². The summed E-state index contributed by atoms with van der Waals surface area (Å²) in [6.45, 7) is 3.73. The molecule has 1 aromatic carbocycles. The van der Waals surface area contributed by atoms with Gasteiger partial charge in [-0.2, -0.15) is 9.40 Å². The first-order valence-corrected chi connectivity index (χ1v) is 9.52. The fourth-order valence-electron chi connectivity index (χ4n) is 3.00. The van der Waals surface area contributed by atoms with E-state index in [-0.39, 0.29) is 0 Å². The molecule has 0 saturated carbocycles. The molecule has 23 heavy (non-hydrogen) atoms. The van der Waals surface area contributed by atoms with Crippen molar-refractivity contribution in [3.05, 3.63) is 47.2 Å². The van der Waals surface area contributed by atoms with Gasteiger partial charge in [0, 0.05) is 37.1 Å². The largest absolute Gasteiger partial charge is 0.272 e. The first-order valence-electron chi connectivity index (χ1n) is 7.70. The fraction of sp³-hybridized carbons (Fsp3) is 0.438. The molecule has 0 radical (unpaired) electrons. The highest BCUT2D eigenvalue weighted by molar-refractivity contribution is 7.89. The highest BCUT2D eigenvalue weighted by atomic mass is 35.5. The van der Waals surface area contributed by atoms with Crippen LogP contribution in [0.2, 0.25) is 5.02 Å². The Labute approximate surface area is 141 Å². The van der Waals surface area contributed by atoms with E-state index in [1.807, 2.05) is 16.9 Å². The molecule has 1 saturated heterocycles. The van der Waals surface area contributed by atoms with Crippen molar-refractivity contribution in [2.75, 3.05) is 13.1 Å². The van der Waals surface area contributed by atoms with E-state index in [9.17, 15) is 8.42 Å². The van der Waals surface area contributed by atoms with E-state index in [2.05, 4.69) is 5.10 Å². The van der Waals surface area contributed by atoms with Gasteiger partial charge in [0.1, 0.15) is 0 Å². The van der Waals surface area contributed by atoms with Crippen LogP contribution in [0.15, 0.2) is 41.6 Å². The first-order chi connectivity index (χ1) is 11.0. The van der Waals surface area contributed by atoms with Crippen molar-refractivity contribution in [3.63, 3.8) is 0 Å². The van der Waals surface area contributed by atoms with Crippen LogP contribution in [-0.2, 0) is 16.6 Å². The van der Waals surface area contributed by atoms with Crippen molar-refractivity contribution in [2.45, 2.75) is 31.2 Å². The maximum atomic E-state index is 12.8. The van der Waals surface area contributed by atoms with Crippen LogP contribution in [-0.4, -0.2) is 35.6 Å². The molecule has 124 valence electrons. The van der Waals surface area contributed by atoms with Gasteiger partial charge in [-0.15, -0.1) is 0 Å². The van der Waals surface area contributed by atoms with Crippen LogP contribution in [0.5, 0.6) is 0 Å². The normalized spacial score (nSPS) is 17.5. The van der Waals surface area contributed by atoms with Gasteiger partial charge in [-0.3, -0.25) is 4.68 Å². The van der Waals surface area contributed by atoms with Gasteiger partial charge in [0.15, 0.2) is 0 Å². The third-order valence-electron chi connectivity index (χ3n) is 4.35. The molecule has 1 aliphatic heterocycles. The summed E-state index contributed by atoms with van der Waals surface area (Å²) in [4.78, 5) is 0.315. The summed E-state index contributed by atoms with van der Waals surface area (Å²) >= 11 is 5.97. The van der Waals surface area contributed by atoms with E-state index in [4.69, 9.17) is 11.6 Å². The van der Waals surface area contributed by atoms with Gasteiger partial charge in [-0.05, 0) is 49.4 Å². The highest BCUT2D eigenvalue weighted by Crippen LogP contribution is 2.28. The molecular weight excluding hydrogens is 334 g/mol. The van der Waals surface area contributed by atoms with Gasteiger partial charge in [0.25, 0.3) is 0 Å². The van der Waals surface area contributed by atoms with Crippen LogP contribution >= 0.6 is 11.6 Å². The average Bonchev–Trinajstić information content (AvgIpc) is 3.03. The van der Waals surface area contributed by atoms with Crippen LogP contribution < -0.4 is 0 Å². The Morgan fingerprint density at radius 3 is 2.70 bits per heavy atom. The van der Waals surface area contributed by atoms with Gasteiger partial charge in [0.05, 0.1) is 4.90 Å². The Bertz CT molecular complexity index is 767. The monoisotopic (exact) mass is 353 g/mol. The average molecular weight is 354 g/mol. The van der Waals surface area contributed by atoms with Crippen molar-refractivity contribution in [3.8, 4) is 0 Å². The lowest BCUT2D eigenvalue weighted by molar-refractivity contribution is 0.247. The fourth-order valence-corrected chi connectivity index (χ4v) is 4.95. The lowest BCUT2D eigenvalue weighted by Gasteiger charge is -2.31. The molecule has 1 aliphatic rings. The summed E-state index contributed by atoms with van der Waals surface area (Å²) in [6.07, 6.45) is 5.40. The second-order valence-electron chi connectivity index (χ2n) is 5.99. The van der Waals surface area contributed by atoms with Crippen molar-refractivity contribution >= 4 is 21.6 Å². The summed E-state index contributed by atoms with van der Waals surface area (Å²) in [7, 11) is -3.47. The minimum atomic E-state index is -3.47. The van der Waals surface area contributed by atoms with Gasteiger partial charge in [-0.25, -0.2) is 8.42 Å². The van der Waals surface area contributed by atoms with Crippen LogP contribution in [0.25, 0.3) is 0 Å². The topological polar surface area (TPSA) is 55.2 Å². The van der Waals surface area contributed by atoms with Gasteiger partial charge in [0.2, 0.25) is 10.0 Å². The highest BCUT2D eigenvalue weighted by Gasteiger charge is 2.30. The van der Waals surface area contributed by atoms with Crippen LogP contribution in [0.1, 0.15) is 18.4 Å². The van der Waals surface area contributed by atoms with E-state index < -0.39 is 10.0 Å². The molecule has 2 aromatic rings. The molecule has 0 amide bonds. The molecule has 0 unspecified atom stereocenters. The smallest absolute Gasteiger partial charge is 0.243 e. The van der Waals surface area contributed by atoms with E-state index in [0.29, 0.717) is 28.9 Å². The molecule has 1 aromatic heterocycles. The van der Waals surface area contributed by atoms with E-state index >= 15 is 0 Å². The summed E-state index contributed by atoms with van der Waals surface area (Å²) in [5.41, 5.74) is 0.730. The van der Waals surface area contributed by atoms with Crippen LogP contribution in [0, 0.1) is 12.8 Å². The van der Waals surface area contributed by atoms with E-state index in [1.54, 1.807) is 35.6 Å². The Hall–Kier alpha value is -1.37. The number of hydrogen-bond acceptors (Lipinski definition) is 3. The van der Waals surface area contributed by atoms with Gasteiger partial charge >= 0.3 is 0 Å². The minimum Gasteiger partial charge on any atom is -0.272 e. The summed E-state index contributed by atoms with van der Waals surface area (Å²) in [5, 5.41) is 4.66. The summed E-state index contributed by atoms with van der Waals surface area (Å²) < 4.78 is 29.2. The molecule has 5 nitrogen and oxygen atoms in total. The number of hydrogen-bond donors (Lipinski definition) is 0. The molecule has 0 spiro atoms. The SMILES string of the molecule is Cc1ccc(Cl)cc1S(=O)(=O)N1CCC(Cn2cccn2)CC1. The third kappa shape index (κ3) is 3.59. The molecule has 1 fully saturated rings. The Balaban J connectivity index is 1.70. The van der Waals surface area contributed by atoms with Crippen molar-refractivity contribution in [1.29, 1.82) is 0 Å². The Morgan fingerprint density at radius 2 is 2.04 bits per heavy atom. The second-order valence-corrected chi connectivity index (χ2v) is 8.33. The second kappa shape index (κ2) is 6.63. The maximum Gasteiger partial charge on any atom is 0.243 e. The molecule has 0 N–H and O–H groups in total. The number of sulfonamides is 1. The zero-order valence-corrected chi connectivity index (χ0v) is 14.6. The maximum absolute atomic E-state index is 12.8. The lowest BCUT2D eigenvalue weighted by Crippen LogP contribution is -2.39. The van der Waals surface area contributed by atoms with Crippen molar-refractivity contribution in [2.24, 2.45) is 5.92 Å². The quantitative estimate of drug-likeness (QED) is 0.849. The number of benzene rings is 1. The van der Waals surface area contributed by atoms with Gasteiger partial charge < -0.3 is 0 Å². The number of piperidine rings is 1. The third-order valence-corrected chi connectivity index (χ3v) is 6.62. The van der Waals surface area contributed by atoms with Gasteiger partial charge in [-0.1, -0.05) is 17.7 Å². The molecule has 3 rings (SSSR count).